The number of nitrogens with zero attached hydrogens (tertiary/aromatic N) is 2. The third kappa shape index (κ3) is 3.73. The lowest BCUT2D eigenvalue weighted by atomic mass is 9.99. The number of ketones is 1. The minimum atomic E-state index is -0.207. The molecule has 0 aliphatic rings. The van der Waals surface area contributed by atoms with E-state index in [4.69, 9.17) is 5.41 Å². The summed E-state index contributed by atoms with van der Waals surface area (Å²) < 4.78 is 0. The van der Waals surface area contributed by atoms with Gasteiger partial charge in [-0.3, -0.25) is 14.8 Å². The first-order valence-corrected chi connectivity index (χ1v) is 5.65. The summed E-state index contributed by atoms with van der Waals surface area (Å²) in [7, 11) is 0. The number of aryl methyl sites for hydroxylation is 1. The number of carbonyl (C=O) groups excluding carboxylic acids is 1. The monoisotopic (exact) mass is 243 g/mol. The van der Waals surface area contributed by atoms with Crippen molar-refractivity contribution in [3.8, 4) is 0 Å². The zero-order valence-electron chi connectivity index (χ0n) is 10.7. The third-order valence-electron chi connectivity index (χ3n) is 2.54. The van der Waals surface area contributed by atoms with Crippen molar-refractivity contribution in [3.05, 3.63) is 29.3 Å². The summed E-state index contributed by atoms with van der Waals surface area (Å²) in [5.41, 5.74) is 2.81. The Kier molecular flexibility index (Phi) is 5.11. The predicted molar refractivity (Wildman–Crippen MR) is 76.0 cm³/mol. The van der Waals surface area contributed by atoms with Crippen molar-refractivity contribution in [2.45, 2.75) is 19.8 Å². The van der Waals surface area contributed by atoms with E-state index in [0.717, 1.165) is 16.8 Å². The van der Waals surface area contributed by atoms with Crippen molar-refractivity contribution in [3.63, 3.8) is 0 Å². The molecule has 4 nitrogen and oxygen atoms in total. The van der Waals surface area contributed by atoms with Gasteiger partial charge in [-0.1, -0.05) is 12.1 Å². The van der Waals surface area contributed by atoms with Crippen LogP contribution in [0.3, 0.4) is 0 Å². The quantitative estimate of drug-likeness (QED) is 0.767. The van der Waals surface area contributed by atoms with Gasteiger partial charge in [0, 0.05) is 12.4 Å². The maximum atomic E-state index is 10.8. The number of benzene rings is 1. The van der Waals surface area contributed by atoms with Crippen LogP contribution in [-0.4, -0.2) is 31.5 Å². The van der Waals surface area contributed by atoms with E-state index in [1.54, 1.807) is 6.21 Å². The topological polar surface area (TPSA) is 65.6 Å². The number of hydrogen-bond donors (Lipinski definition) is 1. The first kappa shape index (κ1) is 14.0. The summed E-state index contributed by atoms with van der Waals surface area (Å²) in [4.78, 5) is 18.7. The van der Waals surface area contributed by atoms with Crippen LogP contribution in [0.1, 0.15) is 24.0 Å². The lowest BCUT2D eigenvalue weighted by Gasteiger charge is -2.08. The summed E-state index contributed by atoms with van der Waals surface area (Å²) in [5.74, 6) is -0.195. The molecule has 0 aliphatic carbocycles. The molecule has 0 spiro atoms. The average molecular weight is 243 g/mol. The summed E-state index contributed by atoms with van der Waals surface area (Å²) in [6.07, 6.45) is 2.93. The lowest BCUT2D eigenvalue weighted by molar-refractivity contribution is -0.115. The van der Waals surface area contributed by atoms with E-state index >= 15 is 0 Å². The predicted octanol–water partition coefficient (Wildman–Crippen LogP) is 2.72. The van der Waals surface area contributed by atoms with E-state index in [1.807, 2.05) is 25.1 Å². The molecule has 1 unspecified atom stereocenters. The zero-order valence-corrected chi connectivity index (χ0v) is 10.7. The second-order valence-corrected chi connectivity index (χ2v) is 4.09. The lowest BCUT2D eigenvalue weighted by Crippen LogP contribution is -2.04. The van der Waals surface area contributed by atoms with Gasteiger partial charge in [-0.2, -0.15) is 0 Å². The van der Waals surface area contributed by atoms with Gasteiger partial charge >= 0.3 is 0 Å². The Balaban J connectivity index is 2.92. The molecule has 4 heteroatoms. The molecule has 0 amide bonds. The molecule has 0 saturated carbocycles. The maximum absolute atomic E-state index is 10.8. The van der Waals surface area contributed by atoms with Crippen LogP contribution in [0.2, 0.25) is 0 Å². The summed E-state index contributed by atoms with van der Waals surface area (Å²) in [6, 6.07) is 5.72. The Morgan fingerprint density at radius 2 is 2.28 bits per heavy atom. The highest BCUT2D eigenvalue weighted by atomic mass is 16.1. The minimum absolute atomic E-state index is 0.0115. The Morgan fingerprint density at radius 1 is 1.56 bits per heavy atom. The second-order valence-electron chi connectivity index (χ2n) is 4.09. The smallest absolute Gasteiger partial charge is 0.151 e. The van der Waals surface area contributed by atoms with Crippen LogP contribution in [0.25, 0.3) is 0 Å². The van der Waals surface area contributed by atoms with Gasteiger partial charge < -0.3 is 5.41 Å². The maximum Gasteiger partial charge on any atom is 0.151 e. The van der Waals surface area contributed by atoms with Gasteiger partial charge in [0.1, 0.15) is 0 Å². The van der Waals surface area contributed by atoms with E-state index in [2.05, 4.69) is 16.7 Å². The number of Topliss-reactive ketones (excluding diaryl/α,β-unsaturated/α-hetero) is 1. The van der Waals surface area contributed by atoms with Gasteiger partial charge in [0.15, 0.2) is 5.78 Å². The first-order chi connectivity index (χ1) is 8.58. The van der Waals surface area contributed by atoms with Crippen molar-refractivity contribution in [1.82, 2.24) is 0 Å². The molecule has 0 heterocycles. The molecule has 0 fully saturated rings. The Hall–Kier alpha value is -2.10. The minimum Gasteiger partial charge on any atom is -0.312 e. The third-order valence-corrected chi connectivity index (χ3v) is 2.54. The molecule has 1 aromatic carbocycles. The molecule has 0 aromatic heterocycles. The fraction of sp³-hybridized carbons (Fsp3) is 0.286. The van der Waals surface area contributed by atoms with E-state index in [-0.39, 0.29) is 18.2 Å². The molecule has 0 radical (unpaired) electrons. The van der Waals surface area contributed by atoms with Crippen molar-refractivity contribution in [2.75, 3.05) is 6.54 Å². The summed E-state index contributed by atoms with van der Waals surface area (Å²) in [6.45, 7) is 7.10. The van der Waals surface area contributed by atoms with Crippen LogP contribution >= 0.6 is 0 Å². The SMILES string of the molecule is C=Nc1ccc(C(C=N)C=NCC(C)=O)cc1C. The van der Waals surface area contributed by atoms with Crippen LogP contribution in [0.4, 0.5) is 5.69 Å². The molecule has 94 valence electrons. The van der Waals surface area contributed by atoms with Crippen LogP contribution in [-0.2, 0) is 4.79 Å². The number of hydrogen-bond acceptors (Lipinski definition) is 4. The summed E-state index contributed by atoms with van der Waals surface area (Å²) >= 11 is 0. The highest BCUT2D eigenvalue weighted by Crippen LogP contribution is 2.22. The van der Waals surface area contributed by atoms with Gasteiger partial charge in [0.25, 0.3) is 0 Å². The highest BCUT2D eigenvalue weighted by Gasteiger charge is 2.07. The molecule has 0 aliphatic heterocycles. The summed E-state index contributed by atoms with van der Waals surface area (Å²) in [5, 5.41) is 7.42. The zero-order chi connectivity index (χ0) is 13.5. The van der Waals surface area contributed by atoms with Crippen molar-refractivity contribution in [2.24, 2.45) is 9.98 Å². The molecular formula is C14H17N3O. The van der Waals surface area contributed by atoms with Gasteiger partial charge in [0.2, 0.25) is 0 Å². The molecule has 0 saturated heterocycles. The number of carbonyl (C=O) groups is 1. The normalized spacial score (nSPS) is 12.3. The van der Waals surface area contributed by atoms with Gasteiger partial charge in [0.05, 0.1) is 18.2 Å². The van der Waals surface area contributed by atoms with Gasteiger partial charge in [-0.15, -0.1) is 0 Å². The Morgan fingerprint density at radius 3 is 2.78 bits per heavy atom. The second kappa shape index (κ2) is 6.59. The standard InChI is InChI=1S/C14H17N3O/c1-10-6-12(4-5-14(10)16-3)13(7-15)9-17-8-11(2)18/h4-7,9,13,15H,3,8H2,1-2H3. The van der Waals surface area contributed by atoms with E-state index in [1.165, 1.54) is 13.1 Å². The van der Waals surface area contributed by atoms with E-state index < -0.39 is 0 Å². The number of nitrogens with one attached hydrogen (secondary N) is 1. The number of rotatable bonds is 6. The molecule has 1 atom stereocenters. The van der Waals surface area contributed by atoms with Crippen LogP contribution in [0.5, 0.6) is 0 Å². The van der Waals surface area contributed by atoms with Crippen LogP contribution in [0, 0.1) is 12.3 Å². The first-order valence-electron chi connectivity index (χ1n) is 5.65. The molecule has 1 rings (SSSR count). The van der Waals surface area contributed by atoms with Crippen molar-refractivity contribution in [1.29, 1.82) is 5.41 Å². The largest absolute Gasteiger partial charge is 0.312 e. The number of aliphatic imine (C=N–C) groups is 2. The van der Waals surface area contributed by atoms with Crippen LogP contribution < -0.4 is 0 Å². The average Bonchev–Trinajstić information content (AvgIpc) is 2.34. The molecule has 1 N–H and O–H groups in total. The Labute approximate surface area is 107 Å². The molecule has 0 bridgehead atoms. The van der Waals surface area contributed by atoms with E-state index in [0.29, 0.717) is 0 Å². The highest BCUT2D eigenvalue weighted by molar-refractivity contribution is 5.90. The fourth-order valence-corrected chi connectivity index (χ4v) is 1.58. The fourth-order valence-electron chi connectivity index (χ4n) is 1.58. The van der Waals surface area contributed by atoms with Gasteiger partial charge in [-0.05, 0) is 37.8 Å². The van der Waals surface area contributed by atoms with E-state index in [9.17, 15) is 4.79 Å². The molecule has 1 aromatic rings. The van der Waals surface area contributed by atoms with Crippen molar-refractivity contribution >= 4 is 30.6 Å². The van der Waals surface area contributed by atoms with Crippen LogP contribution in [0.15, 0.2) is 28.2 Å². The molecular weight excluding hydrogens is 226 g/mol. The Bertz CT molecular complexity index is 492. The van der Waals surface area contributed by atoms with Crippen molar-refractivity contribution < 1.29 is 4.79 Å². The molecule has 18 heavy (non-hydrogen) atoms. The van der Waals surface area contributed by atoms with Gasteiger partial charge in [-0.25, -0.2) is 0 Å².